The van der Waals surface area contributed by atoms with Crippen molar-refractivity contribution >= 4 is 46.2 Å². The first-order valence-corrected chi connectivity index (χ1v) is 4.25. The second kappa shape index (κ2) is 5.82. The molecular weight excluding hydrogens is 190 g/mol. The van der Waals surface area contributed by atoms with Gasteiger partial charge in [-0.05, 0) is 0 Å². The Morgan fingerprint density at radius 2 is 2.40 bits per heavy atom. The molecule has 0 bridgehead atoms. The quantitative estimate of drug-likeness (QED) is 0.403. The van der Waals surface area contributed by atoms with Gasteiger partial charge in [0.05, 0.1) is 0 Å². The fourth-order valence-corrected chi connectivity index (χ4v) is 1.14. The average Bonchev–Trinajstić information content (AvgIpc) is 1.79. The maximum atomic E-state index is 9.98. The van der Waals surface area contributed by atoms with Crippen molar-refractivity contribution in [3.8, 4) is 0 Å². The van der Waals surface area contributed by atoms with Crippen LogP contribution in [0, 0.1) is 0 Å². The van der Waals surface area contributed by atoms with Crippen LogP contribution in [0.3, 0.4) is 0 Å². The second-order valence-electron chi connectivity index (χ2n) is 1.28. The maximum Gasteiger partial charge on any atom is 0.404 e. The third kappa shape index (κ3) is 8.06. The molecule has 0 aromatic rings. The topological polar surface area (TPSA) is 52.3 Å². The lowest BCUT2D eigenvalue weighted by molar-refractivity contribution is 0.164. The molecule has 0 aliphatic carbocycles. The predicted octanol–water partition coefficient (Wildman–Crippen LogP) is 1.03. The van der Waals surface area contributed by atoms with Gasteiger partial charge in [-0.1, -0.05) is 12.2 Å². The van der Waals surface area contributed by atoms with E-state index in [1.54, 1.807) is 0 Å². The van der Waals surface area contributed by atoms with Crippen LogP contribution < -0.4 is 5.73 Å². The van der Waals surface area contributed by atoms with Gasteiger partial charge in [0.25, 0.3) is 0 Å². The molecule has 0 saturated carbocycles. The van der Waals surface area contributed by atoms with Gasteiger partial charge in [0.2, 0.25) is 0 Å². The molecule has 0 aromatic heterocycles. The normalized spacial score (nSPS) is 8.90. The van der Waals surface area contributed by atoms with Gasteiger partial charge in [-0.25, -0.2) is 4.79 Å². The van der Waals surface area contributed by atoms with Crippen LogP contribution in [0.1, 0.15) is 0 Å². The standard InChI is InChI=1S/C4H7NO2S3/c5-3(6)7-1-2-10-4(8)9/h1-2H2,(H2,5,6)(H,8,9). The number of primary amides is 1. The molecular formula is C4H7NO2S3. The summed E-state index contributed by atoms with van der Waals surface area (Å²) in [6, 6.07) is 0. The molecule has 0 saturated heterocycles. The van der Waals surface area contributed by atoms with Gasteiger partial charge in [-0.2, -0.15) is 0 Å². The van der Waals surface area contributed by atoms with Crippen LogP contribution >= 0.6 is 36.6 Å². The Morgan fingerprint density at radius 1 is 1.80 bits per heavy atom. The van der Waals surface area contributed by atoms with Crippen LogP contribution in [0.2, 0.25) is 0 Å². The fraction of sp³-hybridized carbons (Fsp3) is 0.500. The molecule has 1 amide bonds. The van der Waals surface area contributed by atoms with E-state index in [1.807, 2.05) is 0 Å². The van der Waals surface area contributed by atoms with E-state index in [2.05, 4.69) is 35.3 Å². The number of carbonyl (C=O) groups excluding carboxylic acids is 1. The molecule has 2 N–H and O–H groups in total. The summed E-state index contributed by atoms with van der Waals surface area (Å²) >= 11 is 9.81. The van der Waals surface area contributed by atoms with E-state index < -0.39 is 6.09 Å². The summed E-state index contributed by atoms with van der Waals surface area (Å²) in [4.78, 5) is 9.98. The number of hydrogen-bond acceptors (Lipinski definition) is 4. The van der Waals surface area contributed by atoms with Crippen molar-refractivity contribution in [2.75, 3.05) is 12.4 Å². The highest BCUT2D eigenvalue weighted by atomic mass is 32.2. The van der Waals surface area contributed by atoms with E-state index in [9.17, 15) is 4.79 Å². The molecule has 0 radical (unpaired) electrons. The summed E-state index contributed by atoms with van der Waals surface area (Å²) in [5.74, 6) is 0.602. The molecule has 6 heteroatoms. The zero-order chi connectivity index (χ0) is 7.98. The third-order valence-electron chi connectivity index (χ3n) is 0.553. The van der Waals surface area contributed by atoms with Crippen molar-refractivity contribution < 1.29 is 9.53 Å². The van der Waals surface area contributed by atoms with Gasteiger partial charge in [0.1, 0.15) is 10.1 Å². The van der Waals surface area contributed by atoms with E-state index in [1.165, 1.54) is 11.8 Å². The Kier molecular flexibility index (Phi) is 5.85. The minimum absolute atomic E-state index is 0.278. The van der Waals surface area contributed by atoms with Crippen molar-refractivity contribution in [1.29, 1.82) is 0 Å². The number of thiol groups is 1. The zero-order valence-electron chi connectivity index (χ0n) is 5.07. The SMILES string of the molecule is NC(=O)OCCSC(=S)S. The molecule has 0 heterocycles. The largest absolute Gasteiger partial charge is 0.449 e. The Labute approximate surface area is 74.1 Å². The number of thiocarbonyl (C=S) groups is 1. The van der Waals surface area contributed by atoms with Crippen molar-refractivity contribution in [2.45, 2.75) is 0 Å². The van der Waals surface area contributed by atoms with E-state index in [0.29, 0.717) is 9.28 Å². The number of amides is 1. The highest BCUT2D eigenvalue weighted by Gasteiger charge is 1.94. The first-order chi connectivity index (χ1) is 4.63. The van der Waals surface area contributed by atoms with Crippen molar-refractivity contribution in [1.82, 2.24) is 0 Å². The monoisotopic (exact) mass is 197 g/mol. The zero-order valence-corrected chi connectivity index (χ0v) is 7.60. The minimum atomic E-state index is -0.759. The molecule has 0 spiro atoms. The molecule has 0 aromatic carbocycles. The van der Waals surface area contributed by atoms with E-state index in [4.69, 9.17) is 0 Å². The smallest absolute Gasteiger partial charge is 0.404 e. The minimum Gasteiger partial charge on any atom is -0.449 e. The van der Waals surface area contributed by atoms with E-state index >= 15 is 0 Å². The van der Waals surface area contributed by atoms with Gasteiger partial charge in [0, 0.05) is 5.75 Å². The summed E-state index contributed by atoms with van der Waals surface area (Å²) in [5.41, 5.74) is 4.69. The molecule has 10 heavy (non-hydrogen) atoms. The fourth-order valence-electron chi connectivity index (χ4n) is 0.271. The van der Waals surface area contributed by atoms with Crippen molar-refractivity contribution in [3.05, 3.63) is 0 Å². The van der Waals surface area contributed by atoms with Crippen LogP contribution in [0.4, 0.5) is 4.79 Å². The summed E-state index contributed by atoms with van der Waals surface area (Å²) in [7, 11) is 0. The Bertz CT molecular complexity index is 122. The number of nitrogens with two attached hydrogens (primary N) is 1. The third-order valence-corrected chi connectivity index (χ3v) is 1.91. The molecule has 0 fully saturated rings. The lowest BCUT2D eigenvalue weighted by Crippen LogP contribution is -2.14. The summed E-state index contributed by atoms with van der Waals surface area (Å²) < 4.78 is 4.95. The number of carbonyl (C=O) groups is 1. The van der Waals surface area contributed by atoms with Gasteiger partial charge < -0.3 is 10.5 Å². The van der Waals surface area contributed by atoms with Gasteiger partial charge in [-0.3, -0.25) is 0 Å². The molecule has 58 valence electrons. The molecule has 0 aliphatic rings. The maximum absolute atomic E-state index is 9.98. The summed E-state index contributed by atoms with van der Waals surface area (Å²) in [5, 5.41) is 0. The highest BCUT2D eigenvalue weighted by Crippen LogP contribution is 2.06. The van der Waals surface area contributed by atoms with Crippen molar-refractivity contribution in [3.63, 3.8) is 0 Å². The van der Waals surface area contributed by atoms with Gasteiger partial charge in [-0.15, -0.1) is 24.4 Å². The second-order valence-corrected chi connectivity index (χ2v) is 4.11. The Balaban J connectivity index is 3.06. The Hall–Kier alpha value is 0.0600. The molecule has 3 nitrogen and oxygen atoms in total. The van der Waals surface area contributed by atoms with E-state index in [-0.39, 0.29) is 6.61 Å². The number of thioether (sulfide) groups is 1. The lowest BCUT2D eigenvalue weighted by atomic mass is 10.8. The van der Waals surface area contributed by atoms with Crippen LogP contribution in [0.25, 0.3) is 0 Å². The van der Waals surface area contributed by atoms with Crippen LogP contribution in [0.15, 0.2) is 0 Å². The summed E-state index contributed by atoms with van der Waals surface area (Å²) in [6.45, 7) is 0.278. The molecule has 0 unspecified atom stereocenters. The average molecular weight is 197 g/mol. The van der Waals surface area contributed by atoms with E-state index in [0.717, 1.165) is 0 Å². The van der Waals surface area contributed by atoms with Crippen LogP contribution in [-0.2, 0) is 4.74 Å². The highest BCUT2D eigenvalue weighted by molar-refractivity contribution is 8.41. The first-order valence-electron chi connectivity index (χ1n) is 2.41. The van der Waals surface area contributed by atoms with Gasteiger partial charge in [0.15, 0.2) is 0 Å². The number of hydrogen-bond donors (Lipinski definition) is 2. The molecule has 0 rings (SSSR count). The first kappa shape index (κ1) is 10.1. The lowest BCUT2D eigenvalue weighted by Gasteiger charge is -1.98. The van der Waals surface area contributed by atoms with Gasteiger partial charge >= 0.3 is 6.09 Å². The Morgan fingerprint density at radius 3 is 2.80 bits per heavy atom. The number of rotatable bonds is 3. The van der Waals surface area contributed by atoms with Crippen molar-refractivity contribution in [2.24, 2.45) is 5.73 Å². The van der Waals surface area contributed by atoms with Crippen LogP contribution in [-0.4, -0.2) is 22.0 Å². The van der Waals surface area contributed by atoms with Crippen LogP contribution in [0.5, 0.6) is 0 Å². The molecule has 0 atom stereocenters. The molecule has 0 aliphatic heterocycles. The number of ether oxygens (including phenoxy) is 1. The summed E-state index contributed by atoms with van der Waals surface area (Å²) in [6.07, 6.45) is -0.759. The predicted molar refractivity (Wildman–Crippen MR) is 49.6 cm³/mol.